The number of nitrogens with zero attached hydrogens (tertiary/aromatic N) is 4. The van der Waals surface area contributed by atoms with E-state index in [-0.39, 0.29) is 0 Å². The summed E-state index contributed by atoms with van der Waals surface area (Å²) >= 11 is 11.8. The fourth-order valence-corrected chi connectivity index (χ4v) is 3.81. The molecule has 2 aromatic rings. The zero-order chi connectivity index (χ0) is 21.6. The molecular weight excluding hydrogens is 457 g/mol. The van der Waals surface area contributed by atoms with Crippen molar-refractivity contribution in [1.82, 2.24) is 9.78 Å². The van der Waals surface area contributed by atoms with Gasteiger partial charge in [0.1, 0.15) is 22.5 Å². The van der Waals surface area contributed by atoms with Crippen LogP contribution in [0.1, 0.15) is 11.3 Å². The summed E-state index contributed by atoms with van der Waals surface area (Å²) in [5.41, 5.74) is -7.64. The molecule has 28 heavy (non-hydrogen) atoms. The zero-order valence-electron chi connectivity index (χ0n) is 13.8. The van der Waals surface area contributed by atoms with E-state index >= 15 is 0 Å². The molecule has 1 unspecified atom stereocenters. The van der Waals surface area contributed by atoms with E-state index in [1.807, 2.05) is 0 Å². The minimum atomic E-state index is -5.21. The number of aromatic nitrogens is 2. The highest BCUT2D eigenvalue weighted by Crippen LogP contribution is 2.41. The third-order valence-corrected chi connectivity index (χ3v) is 5.04. The number of halogens is 8. The van der Waals surface area contributed by atoms with Crippen LogP contribution in [0.25, 0.3) is 5.69 Å². The van der Waals surface area contributed by atoms with Crippen molar-refractivity contribution in [3.8, 4) is 11.8 Å². The van der Waals surface area contributed by atoms with Crippen molar-refractivity contribution in [3.05, 3.63) is 33.4 Å². The Bertz CT molecular complexity index is 970. The van der Waals surface area contributed by atoms with Gasteiger partial charge in [-0.2, -0.15) is 36.7 Å². The third kappa shape index (κ3) is 4.06. The van der Waals surface area contributed by atoms with E-state index in [0.29, 0.717) is 16.8 Å². The predicted molar refractivity (Wildman–Crippen MR) is 90.1 cm³/mol. The highest BCUT2D eigenvalue weighted by molar-refractivity contribution is 7.86. The summed E-state index contributed by atoms with van der Waals surface area (Å²) in [4.78, 5) is 0.0870. The van der Waals surface area contributed by atoms with Crippen molar-refractivity contribution in [1.29, 1.82) is 5.26 Å². The van der Waals surface area contributed by atoms with Gasteiger partial charge in [0.25, 0.3) is 0 Å². The Labute approximate surface area is 166 Å². The molecular formula is C14H8Cl2F6N4OS. The molecule has 0 bridgehead atoms. The number of hydrogen-bond acceptors (Lipinski definition) is 4. The maximum Gasteiger partial charge on any atom is 0.476 e. The Morgan fingerprint density at radius 3 is 2.00 bits per heavy atom. The van der Waals surface area contributed by atoms with Crippen LogP contribution in [-0.2, 0) is 17.0 Å². The van der Waals surface area contributed by atoms with Crippen molar-refractivity contribution >= 4 is 39.8 Å². The summed E-state index contributed by atoms with van der Waals surface area (Å²) in [6.07, 6.45) is -4.78. The smallest absolute Gasteiger partial charge is 0.362 e. The highest BCUT2D eigenvalue weighted by atomic mass is 35.5. The number of rotatable bonds is 3. The SMILES string of the molecule is CN(C)c1c(S(=O)C(F)(F)F)c(C#N)nn1-c1c(Cl)cc(C(F)(F)F)cc1Cl. The van der Waals surface area contributed by atoms with Crippen molar-refractivity contribution in [2.24, 2.45) is 0 Å². The van der Waals surface area contributed by atoms with E-state index in [4.69, 9.17) is 28.5 Å². The van der Waals surface area contributed by atoms with Gasteiger partial charge in [-0.25, -0.2) is 8.89 Å². The Morgan fingerprint density at radius 1 is 1.14 bits per heavy atom. The molecule has 1 atom stereocenters. The fraction of sp³-hybridized carbons (Fsp3) is 0.286. The lowest BCUT2D eigenvalue weighted by Gasteiger charge is -2.19. The number of nitriles is 1. The van der Waals surface area contributed by atoms with Crippen molar-refractivity contribution in [2.45, 2.75) is 16.6 Å². The first kappa shape index (κ1) is 22.3. The van der Waals surface area contributed by atoms with Crippen LogP contribution in [0.4, 0.5) is 32.2 Å². The fourth-order valence-electron chi connectivity index (χ4n) is 2.23. The zero-order valence-corrected chi connectivity index (χ0v) is 16.1. The summed E-state index contributed by atoms with van der Waals surface area (Å²) < 4.78 is 90.3. The first-order valence-corrected chi connectivity index (χ1v) is 8.86. The summed E-state index contributed by atoms with van der Waals surface area (Å²) in [6.45, 7) is 0. The van der Waals surface area contributed by atoms with Gasteiger partial charge in [0.2, 0.25) is 0 Å². The van der Waals surface area contributed by atoms with Crippen molar-refractivity contribution in [3.63, 3.8) is 0 Å². The number of hydrogen-bond donors (Lipinski definition) is 0. The second kappa shape index (κ2) is 7.46. The summed E-state index contributed by atoms with van der Waals surface area (Å²) in [5.74, 6) is -0.476. The van der Waals surface area contributed by atoms with Gasteiger partial charge >= 0.3 is 11.7 Å². The monoisotopic (exact) mass is 464 g/mol. The molecule has 0 aliphatic carbocycles. The second-order valence-electron chi connectivity index (χ2n) is 5.42. The predicted octanol–water partition coefficient (Wildman–Crippen LogP) is 4.76. The number of benzene rings is 1. The lowest BCUT2D eigenvalue weighted by Crippen LogP contribution is -2.21. The van der Waals surface area contributed by atoms with Crippen molar-refractivity contribution in [2.75, 3.05) is 19.0 Å². The van der Waals surface area contributed by atoms with Gasteiger partial charge in [-0.1, -0.05) is 23.2 Å². The quantitative estimate of drug-likeness (QED) is 0.614. The summed E-state index contributed by atoms with van der Waals surface area (Å²) in [5, 5.41) is 11.6. The summed E-state index contributed by atoms with van der Waals surface area (Å²) in [6, 6.07) is 2.41. The molecule has 0 radical (unpaired) electrons. The van der Waals surface area contributed by atoms with Gasteiger partial charge in [-0.3, -0.25) is 0 Å². The van der Waals surface area contributed by atoms with Crippen LogP contribution in [0.2, 0.25) is 10.0 Å². The van der Waals surface area contributed by atoms with E-state index in [1.165, 1.54) is 20.2 Å². The van der Waals surface area contributed by atoms with Gasteiger partial charge in [0.15, 0.2) is 16.5 Å². The molecule has 0 aliphatic rings. The van der Waals surface area contributed by atoms with E-state index < -0.39 is 60.2 Å². The van der Waals surface area contributed by atoms with Crippen LogP contribution in [0.5, 0.6) is 0 Å². The molecule has 0 saturated carbocycles. The van der Waals surface area contributed by atoms with Crippen molar-refractivity contribution < 1.29 is 30.6 Å². The molecule has 0 spiro atoms. The largest absolute Gasteiger partial charge is 0.476 e. The van der Waals surface area contributed by atoms with Gasteiger partial charge in [-0.15, -0.1) is 0 Å². The van der Waals surface area contributed by atoms with Crippen LogP contribution in [0.3, 0.4) is 0 Å². The van der Waals surface area contributed by atoms with Gasteiger partial charge in [-0.05, 0) is 12.1 Å². The first-order valence-electron chi connectivity index (χ1n) is 6.95. The van der Waals surface area contributed by atoms with Gasteiger partial charge in [0.05, 0.1) is 15.6 Å². The second-order valence-corrected chi connectivity index (χ2v) is 7.64. The number of anilines is 1. The molecule has 152 valence electrons. The Kier molecular flexibility index (Phi) is 5.94. The van der Waals surface area contributed by atoms with Gasteiger partial charge in [0, 0.05) is 14.1 Å². The summed E-state index contributed by atoms with van der Waals surface area (Å²) in [7, 11) is -1.12. The number of alkyl halides is 6. The molecule has 0 N–H and O–H groups in total. The maximum atomic E-state index is 13.0. The van der Waals surface area contributed by atoms with E-state index in [1.54, 1.807) is 0 Å². The average molecular weight is 465 g/mol. The minimum Gasteiger partial charge on any atom is -0.362 e. The molecule has 1 aromatic heterocycles. The molecule has 2 rings (SSSR count). The Morgan fingerprint density at radius 2 is 1.64 bits per heavy atom. The van der Waals surface area contributed by atoms with Gasteiger partial charge < -0.3 is 4.90 Å². The minimum absolute atomic E-state index is 0.401. The highest BCUT2D eigenvalue weighted by Gasteiger charge is 2.43. The Balaban J connectivity index is 2.87. The van der Waals surface area contributed by atoms with Crippen LogP contribution in [0.15, 0.2) is 17.0 Å². The molecule has 0 aliphatic heterocycles. The lowest BCUT2D eigenvalue weighted by molar-refractivity contribution is -0.137. The van der Waals surface area contributed by atoms with Crippen LogP contribution in [-0.4, -0.2) is 33.6 Å². The average Bonchev–Trinajstić information content (AvgIpc) is 2.90. The molecule has 0 amide bonds. The van der Waals surface area contributed by atoms with Crippen LogP contribution < -0.4 is 4.90 Å². The third-order valence-electron chi connectivity index (χ3n) is 3.30. The normalized spacial score (nSPS) is 13.3. The first-order chi connectivity index (χ1) is 12.7. The molecule has 1 heterocycles. The molecule has 5 nitrogen and oxygen atoms in total. The molecule has 0 fully saturated rings. The molecule has 1 aromatic carbocycles. The van der Waals surface area contributed by atoms with E-state index in [9.17, 15) is 30.6 Å². The van der Waals surface area contributed by atoms with E-state index in [0.717, 1.165) is 4.90 Å². The van der Waals surface area contributed by atoms with Crippen LogP contribution >= 0.6 is 23.2 Å². The lowest BCUT2D eigenvalue weighted by atomic mass is 10.2. The standard InChI is InChI=1S/C14H8Cl2F6N4OS/c1-25(2)12-11(28(27)14(20,21)22)9(5-23)24-26(12)10-7(15)3-6(4-8(10)16)13(17,18)19/h3-4H,1-2H3. The van der Waals surface area contributed by atoms with E-state index in [2.05, 4.69) is 5.10 Å². The molecule has 14 heteroatoms. The van der Waals surface area contributed by atoms with Crippen LogP contribution in [0, 0.1) is 11.3 Å². The molecule has 0 saturated heterocycles. The topological polar surface area (TPSA) is 61.9 Å². The maximum absolute atomic E-state index is 13.0. The Hall–Kier alpha value is -1.97.